The van der Waals surface area contributed by atoms with Gasteiger partial charge in [0.1, 0.15) is 22.9 Å². The number of benzene rings is 3. The van der Waals surface area contributed by atoms with E-state index >= 15 is 0 Å². The van der Waals surface area contributed by atoms with Crippen molar-refractivity contribution in [2.45, 2.75) is 6.61 Å². The Morgan fingerprint density at radius 2 is 1.62 bits per heavy atom. The van der Waals surface area contributed by atoms with Crippen molar-refractivity contribution < 1.29 is 24.0 Å². The molecule has 9 heteroatoms. The fourth-order valence-electron chi connectivity index (χ4n) is 3.98. The molecular weight excluding hydrogens is 460 g/mol. The zero-order valence-corrected chi connectivity index (χ0v) is 18.0. The quantitative estimate of drug-likeness (QED) is 0.157. The molecule has 0 radical (unpaired) electrons. The number of nitro groups is 1. The van der Waals surface area contributed by atoms with E-state index in [1.54, 1.807) is 24.3 Å². The smallest absolute Gasteiger partial charge is 0.345 e. The van der Waals surface area contributed by atoms with E-state index in [1.807, 2.05) is 18.2 Å². The lowest BCUT2D eigenvalue weighted by atomic mass is 9.82. The first kappa shape index (κ1) is 21.4. The number of aromatic nitrogens is 1. The monoisotopic (exact) mass is 472 g/mol. The number of carbonyl (C=O) groups is 3. The van der Waals surface area contributed by atoms with Crippen LogP contribution in [0.15, 0.2) is 66.7 Å². The van der Waals surface area contributed by atoms with Crippen LogP contribution in [0.5, 0.6) is 0 Å². The molecule has 8 nitrogen and oxygen atoms in total. The summed E-state index contributed by atoms with van der Waals surface area (Å²) >= 11 is 6.20. The summed E-state index contributed by atoms with van der Waals surface area (Å²) in [5.74, 6) is -2.26. The largest absolute Gasteiger partial charge is 0.457 e. The number of rotatable bonds is 4. The van der Waals surface area contributed by atoms with Crippen LogP contribution in [-0.4, -0.2) is 27.4 Å². The molecule has 5 rings (SSSR count). The topological polar surface area (TPSA) is 116 Å². The Hall–Kier alpha value is -4.43. The summed E-state index contributed by atoms with van der Waals surface area (Å²) in [5, 5.41) is 12.8. The number of hydrogen-bond acceptors (Lipinski definition) is 7. The van der Waals surface area contributed by atoms with Crippen molar-refractivity contribution in [3.8, 4) is 0 Å². The average molecular weight is 473 g/mol. The fraction of sp³-hybridized carbons (Fsp3) is 0.0400. The van der Waals surface area contributed by atoms with Crippen molar-refractivity contribution in [2.24, 2.45) is 0 Å². The van der Waals surface area contributed by atoms with Gasteiger partial charge in [-0.05, 0) is 24.3 Å². The van der Waals surface area contributed by atoms with Gasteiger partial charge in [0.15, 0.2) is 5.78 Å². The lowest BCUT2D eigenvalue weighted by Crippen LogP contribution is -2.23. The van der Waals surface area contributed by atoms with Gasteiger partial charge in [0.2, 0.25) is 5.78 Å². The molecule has 0 aliphatic heterocycles. The number of nitro benzene ring substituents is 1. The number of halogens is 1. The number of hydrogen-bond donors (Lipinski definition) is 0. The van der Waals surface area contributed by atoms with Crippen molar-refractivity contribution in [1.82, 2.24) is 4.98 Å². The van der Waals surface area contributed by atoms with Crippen LogP contribution in [0.1, 0.15) is 47.8 Å². The Kier molecular flexibility index (Phi) is 5.14. The van der Waals surface area contributed by atoms with Gasteiger partial charge in [0.25, 0.3) is 5.69 Å². The molecule has 1 aliphatic rings. The molecule has 0 spiro atoms. The van der Waals surface area contributed by atoms with Crippen molar-refractivity contribution in [3.05, 3.63) is 115 Å². The number of ketones is 2. The van der Waals surface area contributed by atoms with E-state index in [1.165, 1.54) is 18.2 Å². The predicted octanol–water partition coefficient (Wildman–Crippen LogP) is 4.93. The predicted molar refractivity (Wildman–Crippen MR) is 122 cm³/mol. The zero-order chi connectivity index (χ0) is 24.0. The second kappa shape index (κ2) is 8.17. The number of carbonyl (C=O) groups excluding carboxylic acids is 3. The van der Waals surface area contributed by atoms with E-state index < -0.39 is 39.3 Å². The van der Waals surface area contributed by atoms with E-state index in [4.69, 9.17) is 16.3 Å². The van der Waals surface area contributed by atoms with Crippen LogP contribution in [0.4, 0.5) is 5.69 Å². The molecule has 0 amide bonds. The highest BCUT2D eigenvalue weighted by molar-refractivity contribution is 6.31. The molecule has 1 aromatic heterocycles. The van der Waals surface area contributed by atoms with Crippen molar-refractivity contribution in [2.75, 3.05) is 0 Å². The van der Waals surface area contributed by atoms with Crippen LogP contribution >= 0.6 is 11.6 Å². The van der Waals surface area contributed by atoms with Gasteiger partial charge in [-0.3, -0.25) is 19.7 Å². The minimum absolute atomic E-state index is 0.0441. The van der Waals surface area contributed by atoms with E-state index in [-0.39, 0.29) is 28.5 Å². The number of para-hydroxylation sites is 1. The van der Waals surface area contributed by atoms with E-state index in [0.717, 1.165) is 11.5 Å². The molecule has 0 bridgehead atoms. The van der Waals surface area contributed by atoms with Gasteiger partial charge >= 0.3 is 5.97 Å². The number of pyridine rings is 1. The molecule has 0 atom stereocenters. The first-order valence-corrected chi connectivity index (χ1v) is 10.5. The maximum absolute atomic E-state index is 13.1. The minimum Gasteiger partial charge on any atom is -0.457 e. The first-order valence-electron chi connectivity index (χ1n) is 10.1. The normalized spacial score (nSPS) is 12.3. The number of ether oxygens (including phenoxy) is 1. The van der Waals surface area contributed by atoms with Crippen LogP contribution in [0.2, 0.25) is 5.15 Å². The lowest BCUT2D eigenvalue weighted by molar-refractivity contribution is -0.385. The van der Waals surface area contributed by atoms with Crippen LogP contribution in [0.25, 0.3) is 10.9 Å². The third-order valence-electron chi connectivity index (χ3n) is 5.58. The number of esters is 1. The molecule has 3 aromatic carbocycles. The molecule has 1 aliphatic carbocycles. The molecule has 34 heavy (non-hydrogen) atoms. The first-order chi connectivity index (χ1) is 16.4. The Morgan fingerprint density at radius 1 is 0.941 bits per heavy atom. The standard InChI is InChI=1S/C25H13ClN2O6/c26-24-14(11-13-5-1-4-8-19(13)27-24)12-34-25(31)18-10-9-17-20(21(18)28(32)33)23(30)16-7-3-2-6-15(16)22(17)29/h1-11H,12H2. The molecule has 0 saturated carbocycles. The van der Waals surface area contributed by atoms with E-state index in [2.05, 4.69) is 4.98 Å². The maximum Gasteiger partial charge on any atom is 0.345 e. The molecule has 0 N–H and O–H groups in total. The summed E-state index contributed by atoms with van der Waals surface area (Å²) in [6.07, 6.45) is 0. The lowest BCUT2D eigenvalue weighted by Gasteiger charge is -2.18. The van der Waals surface area contributed by atoms with Gasteiger partial charge in [-0.15, -0.1) is 0 Å². The van der Waals surface area contributed by atoms with Crippen molar-refractivity contribution >= 4 is 45.7 Å². The summed E-state index contributed by atoms with van der Waals surface area (Å²) in [5.41, 5.74) is -0.480. The summed E-state index contributed by atoms with van der Waals surface area (Å²) in [6, 6.07) is 17.4. The van der Waals surface area contributed by atoms with Crippen LogP contribution < -0.4 is 0 Å². The van der Waals surface area contributed by atoms with Crippen LogP contribution in [0.3, 0.4) is 0 Å². The van der Waals surface area contributed by atoms with Crippen molar-refractivity contribution in [3.63, 3.8) is 0 Å². The van der Waals surface area contributed by atoms with Crippen LogP contribution in [-0.2, 0) is 11.3 Å². The van der Waals surface area contributed by atoms with Gasteiger partial charge in [-0.1, -0.05) is 54.1 Å². The maximum atomic E-state index is 13.1. The third kappa shape index (κ3) is 3.41. The molecule has 1 heterocycles. The average Bonchev–Trinajstić information content (AvgIpc) is 2.84. The van der Waals surface area contributed by atoms with E-state index in [0.29, 0.717) is 11.1 Å². The third-order valence-corrected chi connectivity index (χ3v) is 5.90. The molecule has 166 valence electrons. The summed E-state index contributed by atoms with van der Waals surface area (Å²) in [7, 11) is 0. The fourth-order valence-corrected chi connectivity index (χ4v) is 4.18. The second-order valence-corrected chi connectivity index (χ2v) is 7.91. The Bertz CT molecular complexity index is 1560. The SMILES string of the molecule is O=C1c2ccccc2C(=O)c2c1ccc(C(=O)OCc1cc3ccccc3nc1Cl)c2[N+](=O)[O-]. The molecule has 0 unspecified atom stereocenters. The highest BCUT2D eigenvalue weighted by Crippen LogP contribution is 2.36. The van der Waals surface area contributed by atoms with Gasteiger partial charge in [0, 0.05) is 27.6 Å². The zero-order valence-electron chi connectivity index (χ0n) is 17.3. The summed E-state index contributed by atoms with van der Waals surface area (Å²) in [6.45, 7) is -0.292. The van der Waals surface area contributed by atoms with Crippen molar-refractivity contribution in [1.29, 1.82) is 0 Å². The highest BCUT2D eigenvalue weighted by Gasteiger charge is 2.39. The Labute approximate surface area is 196 Å². The van der Waals surface area contributed by atoms with Gasteiger partial charge in [0.05, 0.1) is 10.4 Å². The Morgan fingerprint density at radius 3 is 2.35 bits per heavy atom. The van der Waals surface area contributed by atoms with Gasteiger partial charge < -0.3 is 4.74 Å². The van der Waals surface area contributed by atoms with Gasteiger partial charge in [-0.2, -0.15) is 0 Å². The molecule has 4 aromatic rings. The second-order valence-electron chi connectivity index (χ2n) is 7.55. The number of nitrogens with zero attached hydrogens (tertiary/aromatic N) is 2. The summed E-state index contributed by atoms with van der Waals surface area (Å²) < 4.78 is 5.29. The van der Waals surface area contributed by atoms with Gasteiger partial charge in [-0.25, -0.2) is 9.78 Å². The molecule has 0 fully saturated rings. The van der Waals surface area contributed by atoms with Crippen LogP contribution in [0, 0.1) is 10.1 Å². The molecule has 0 saturated heterocycles. The Balaban J connectivity index is 1.52. The molecular formula is C25H13ClN2O6. The summed E-state index contributed by atoms with van der Waals surface area (Å²) in [4.78, 5) is 54.1. The van der Waals surface area contributed by atoms with E-state index in [9.17, 15) is 24.5 Å². The minimum atomic E-state index is -1.03. The number of fused-ring (bicyclic) bond motifs is 3. The highest BCUT2D eigenvalue weighted by atomic mass is 35.5.